The Hall–Kier alpha value is -3.73. The Morgan fingerprint density at radius 3 is 2.57 bits per heavy atom. The molecule has 4 rings (SSSR count). The fourth-order valence-corrected chi connectivity index (χ4v) is 3.28. The maximum atomic E-state index is 7.86. The van der Waals surface area contributed by atoms with Crippen molar-refractivity contribution in [3.05, 3.63) is 90.3 Å². The van der Waals surface area contributed by atoms with Gasteiger partial charge in [-0.2, -0.15) is 0 Å². The molecule has 5 heteroatoms. The number of para-hydroxylation sites is 1. The zero-order valence-corrected chi connectivity index (χ0v) is 15.6. The monoisotopic (exact) mass is 367 g/mol. The van der Waals surface area contributed by atoms with Crippen molar-refractivity contribution in [2.24, 2.45) is 0 Å². The van der Waals surface area contributed by atoms with Crippen LogP contribution in [0.1, 0.15) is 11.1 Å². The minimum absolute atomic E-state index is 0.756. The molecule has 4 aromatic rings. The molecule has 138 valence electrons. The van der Waals surface area contributed by atoms with Crippen LogP contribution in [0.5, 0.6) is 0 Å². The topological polar surface area (TPSA) is 64.9 Å². The molecule has 0 aliphatic carbocycles. The number of rotatable bonds is 6. The smallest absolute Gasteiger partial charge is 0.141 e. The Morgan fingerprint density at radius 2 is 1.75 bits per heavy atom. The van der Waals surface area contributed by atoms with Crippen molar-refractivity contribution >= 4 is 34.3 Å². The van der Waals surface area contributed by atoms with Crippen LogP contribution >= 0.6 is 0 Å². The predicted molar refractivity (Wildman–Crippen MR) is 116 cm³/mol. The Morgan fingerprint density at radius 1 is 0.964 bits per heavy atom. The molecule has 3 aromatic carbocycles. The van der Waals surface area contributed by atoms with Crippen LogP contribution in [0.3, 0.4) is 0 Å². The zero-order valence-electron chi connectivity index (χ0n) is 15.6. The number of hydrogen-bond donors (Lipinski definition) is 2. The van der Waals surface area contributed by atoms with Crippen molar-refractivity contribution in [1.29, 1.82) is 5.41 Å². The van der Waals surface area contributed by atoms with Crippen LogP contribution in [0, 0.1) is 5.41 Å². The van der Waals surface area contributed by atoms with Crippen molar-refractivity contribution in [3.63, 3.8) is 0 Å². The first-order valence-electron chi connectivity index (χ1n) is 9.11. The van der Waals surface area contributed by atoms with E-state index in [1.165, 1.54) is 11.8 Å². The second kappa shape index (κ2) is 7.88. The second-order valence-electron chi connectivity index (χ2n) is 6.62. The van der Waals surface area contributed by atoms with E-state index in [-0.39, 0.29) is 0 Å². The van der Waals surface area contributed by atoms with Gasteiger partial charge < -0.3 is 15.6 Å². The first-order valence-corrected chi connectivity index (χ1v) is 9.11. The van der Waals surface area contributed by atoms with E-state index in [4.69, 9.17) is 5.41 Å². The van der Waals surface area contributed by atoms with Crippen molar-refractivity contribution < 1.29 is 0 Å². The van der Waals surface area contributed by atoms with Gasteiger partial charge in [-0.25, -0.2) is 9.97 Å². The standard InChI is InChI=1S/C23H21N5/c1-28(15-17-7-3-2-4-8-17)22-12-11-19(13-18(22)14-24)27-23-20-9-5-6-10-21(20)25-16-26-23/h2-14,16,24H,15H2,1H3,(H,25,26,27). The molecule has 2 N–H and O–H groups in total. The molecule has 0 unspecified atom stereocenters. The molecule has 28 heavy (non-hydrogen) atoms. The summed E-state index contributed by atoms with van der Waals surface area (Å²) in [5.41, 5.74) is 4.88. The van der Waals surface area contributed by atoms with Crippen LogP contribution in [0.4, 0.5) is 17.2 Å². The molecule has 0 bridgehead atoms. The number of nitrogens with one attached hydrogen (secondary N) is 2. The lowest BCUT2D eigenvalue weighted by molar-refractivity contribution is 0.922. The van der Waals surface area contributed by atoms with Gasteiger partial charge in [-0.05, 0) is 35.9 Å². The average Bonchev–Trinajstić information content (AvgIpc) is 2.74. The van der Waals surface area contributed by atoms with Gasteiger partial charge in [0.05, 0.1) is 5.52 Å². The minimum atomic E-state index is 0.756. The highest BCUT2D eigenvalue weighted by molar-refractivity contribution is 5.92. The molecule has 0 fully saturated rings. The van der Waals surface area contributed by atoms with E-state index in [0.717, 1.165) is 40.2 Å². The molecule has 0 saturated carbocycles. The van der Waals surface area contributed by atoms with Gasteiger partial charge in [0.25, 0.3) is 0 Å². The highest BCUT2D eigenvalue weighted by Gasteiger charge is 2.09. The average molecular weight is 367 g/mol. The lowest BCUT2D eigenvalue weighted by atomic mass is 10.1. The maximum absolute atomic E-state index is 7.86. The Kier molecular flexibility index (Phi) is 4.97. The van der Waals surface area contributed by atoms with Crippen LogP contribution in [0.25, 0.3) is 10.9 Å². The quantitative estimate of drug-likeness (QED) is 0.470. The molecule has 1 heterocycles. The zero-order chi connectivity index (χ0) is 19.3. The first-order chi connectivity index (χ1) is 13.7. The van der Waals surface area contributed by atoms with E-state index in [0.29, 0.717) is 0 Å². The molecule has 0 saturated heterocycles. The SMILES string of the molecule is CN(Cc1ccccc1)c1ccc(Nc2ncnc3ccccc23)cc1C=N. The van der Waals surface area contributed by atoms with Crippen molar-refractivity contribution in [1.82, 2.24) is 9.97 Å². The summed E-state index contributed by atoms with van der Waals surface area (Å²) in [6, 6.07) is 24.2. The van der Waals surface area contributed by atoms with Crippen LogP contribution in [0.15, 0.2) is 79.1 Å². The van der Waals surface area contributed by atoms with Gasteiger partial charge in [0.1, 0.15) is 12.1 Å². The summed E-state index contributed by atoms with van der Waals surface area (Å²) in [4.78, 5) is 10.8. The van der Waals surface area contributed by atoms with Crippen LogP contribution in [-0.2, 0) is 6.54 Å². The Balaban J connectivity index is 1.61. The van der Waals surface area contributed by atoms with E-state index in [2.05, 4.69) is 32.3 Å². The fourth-order valence-electron chi connectivity index (χ4n) is 3.28. The predicted octanol–water partition coefficient (Wildman–Crippen LogP) is 5.01. The summed E-state index contributed by atoms with van der Waals surface area (Å²) in [5.74, 6) is 0.756. The molecular formula is C23H21N5. The lowest BCUT2D eigenvalue weighted by Crippen LogP contribution is -2.18. The third kappa shape index (κ3) is 3.69. The summed E-state index contributed by atoms with van der Waals surface area (Å²) in [6.45, 7) is 0.783. The van der Waals surface area contributed by atoms with Crippen LogP contribution in [-0.4, -0.2) is 23.2 Å². The molecular weight excluding hydrogens is 346 g/mol. The number of benzene rings is 3. The van der Waals surface area contributed by atoms with Gasteiger partial charge in [0.2, 0.25) is 0 Å². The van der Waals surface area contributed by atoms with E-state index < -0.39 is 0 Å². The number of hydrogen-bond acceptors (Lipinski definition) is 5. The van der Waals surface area contributed by atoms with E-state index >= 15 is 0 Å². The third-order valence-electron chi connectivity index (χ3n) is 4.66. The summed E-state index contributed by atoms with van der Waals surface area (Å²) < 4.78 is 0. The second-order valence-corrected chi connectivity index (χ2v) is 6.62. The third-order valence-corrected chi connectivity index (χ3v) is 4.66. The largest absolute Gasteiger partial charge is 0.370 e. The van der Waals surface area contributed by atoms with E-state index in [1.54, 1.807) is 6.33 Å². The van der Waals surface area contributed by atoms with Crippen molar-refractivity contribution in [3.8, 4) is 0 Å². The van der Waals surface area contributed by atoms with E-state index in [1.807, 2.05) is 67.7 Å². The fraction of sp³-hybridized carbons (Fsp3) is 0.0870. The summed E-state index contributed by atoms with van der Waals surface area (Å²) >= 11 is 0. The molecule has 0 spiro atoms. The molecule has 0 aliphatic rings. The van der Waals surface area contributed by atoms with E-state index in [9.17, 15) is 0 Å². The Labute approximate surface area is 164 Å². The lowest BCUT2D eigenvalue weighted by Gasteiger charge is -2.22. The minimum Gasteiger partial charge on any atom is -0.370 e. The van der Waals surface area contributed by atoms with Crippen molar-refractivity contribution in [2.75, 3.05) is 17.3 Å². The van der Waals surface area contributed by atoms with Crippen LogP contribution in [0.2, 0.25) is 0 Å². The van der Waals surface area contributed by atoms with Gasteiger partial charge in [0, 0.05) is 42.1 Å². The maximum Gasteiger partial charge on any atom is 0.141 e. The van der Waals surface area contributed by atoms with Gasteiger partial charge in [-0.1, -0.05) is 42.5 Å². The molecule has 5 nitrogen and oxygen atoms in total. The van der Waals surface area contributed by atoms with Gasteiger partial charge in [0.15, 0.2) is 0 Å². The number of nitrogens with zero attached hydrogens (tertiary/aromatic N) is 3. The number of aromatic nitrogens is 2. The molecule has 0 radical (unpaired) electrons. The summed E-state index contributed by atoms with van der Waals surface area (Å²) in [5, 5.41) is 12.2. The molecule has 0 amide bonds. The molecule has 1 aromatic heterocycles. The molecule has 0 atom stereocenters. The number of fused-ring (bicyclic) bond motifs is 1. The normalized spacial score (nSPS) is 10.6. The highest BCUT2D eigenvalue weighted by Crippen LogP contribution is 2.27. The first kappa shape index (κ1) is 17.7. The summed E-state index contributed by atoms with van der Waals surface area (Å²) in [7, 11) is 2.04. The van der Waals surface area contributed by atoms with Gasteiger partial charge >= 0.3 is 0 Å². The van der Waals surface area contributed by atoms with Gasteiger partial charge in [-0.3, -0.25) is 0 Å². The Bertz CT molecular complexity index is 1100. The summed E-state index contributed by atoms with van der Waals surface area (Å²) in [6.07, 6.45) is 2.95. The van der Waals surface area contributed by atoms with Crippen molar-refractivity contribution in [2.45, 2.75) is 6.54 Å². The highest BCUT2D eigenvalue weighted by atomic mass is 15.1. The van der Waals surface area contributed by atoms with Crippen LogP contribution < -0.4 is 10.2 Å². The molecule has 0 aliphatic heterocycles. The van der Waals surface area contributed by atoms with Gasteiger partial charge in [-0.15, -0.1) is 0 Å². The number of anilines is 3.